The lowest BCUT2D eigenvalue weighted by molar-refractivity contribution is -0.150. The number of ether oxygens (including phenoxy) is 5. The van der Waals surface area contributed by atoms with Gasteiger partial charge < -0.3 is 34.1 Å². The molecule has 0 aliphatic carbocycles. The molecule has 14 heteroatoms. The van der Waals surface area contributed by atoms with E-state index in [1.165, 1.54) is 55.6 Å². The molecule has 2 amide bonds. The zero-order valence-electron chi connectivity index (χ0n) is 20.8. The normalized spacial score (nSPS) is 10.0. The number of esters is 4. The number of nitrogens with one attached hydrogen (secondary N) is 2. The molecule has 0 saturated heterocycles. The smallest absolute Gasteiger partial charge is 0.411 e. The Hall–Kier alpha value is -4.98. The molecule has 0 atom stereocenters. The fraction of sp³-hybridized carbons (Fsp3) is 0.280. The van der Waals surface area contributed by atoms with Crippen molar-refractivity contribution in [2.75, 3.05) is 50.8 Å². The van der Waals surface area contributed by atoms with Crippen LogP contribution in [0.3, 0.4) is 0 Å². The van der Waals surface area contributed by atoms with Crippen molar-refractivity contribution in [1.29, 1.82) is 0 Å². The van der Waals surface area contributed by atoms with Gasteiger partial charge >= 0.3 is 30.0 Å². The Morgan fingerprint density at radius 3 is 1.51 bits per heavy atom. The number of hydrogen-bond acceptors (Lipinski definition) is 12. The zero-order valence-corrected chi connectivity index (χ0v) is 20.8. The molecule has 0 radical (unpaired) electrons. The van der Waals surface area contributed by atoms with Crippen LogP contribution in [0.5, 0.6) is 0 Å². The summed E-state index contributed by atoms with van der Waals surface area (Å²) in [6, 6.07) is 11.3. The van der Waals surface area contributed by atoms with E-state index in [9.17, 15) is 28.8 Å². The second kappa shape index (κ2) is 16.0. The van der Waals surface area contributed by atoms with Crippen LogP contribution in [-0.4, -0.2) is 81.1 Å². The number of carbonyl (C=O) groups excluding carboxylic acids is 6. The number of hydrogen-bond donors (Lipinski definition) is 3. The van der Waals surface area contributed by atoms with Gasteiger partial charge in [-0.05, 0) is 48.5 Å². The molecular weight excluding hydrogens is 520 g/mol. The van der Waals surface area contributed by atoms with E-state index in [1.54, 1.807) is 0 Å². The number of rotatable bonds is 13. The van der Waals surface area contributed by atoms with Gasteiger partial charge in [0.1, 0.15) is 6.61 Å². The van der Waals surface area contributed by atoms with Gasteiger partial charge in [0.05, 0.1) is 31.5 Å². The SMILES string of the molecule is COC(=O)Nc1ccc(C(=O)OCC(=O)OCCCOC(=O)COC(=O)c2ccc(NC(=O)CO)cc2)cc1. The Labute approximate surface area is 222 Å². The summed E-state index contributed by atoms with van der Waals surface area (Å²) in [7, 11) is 1.21. The Balaban J connectivity index is 1.57. The first-order valence-electron chi connectivity index (χ1n) is 11.3. The highest BCUT2D eigenvalue weighted by Crippen LogP contribution is 2.12. The highest BCUT2D eigenvalue weighted by Gasteiger charge is 2.13. The fourth-order valence-electron chi connectivity index (χ4n) is 2.68. The molecule has 0 unspecified atom stereocenters. The zero-order chi connectivity index (χ0) is 28.6. The van der Waals surface area contributed by atoms with Gasteiger partial charge in [-0.25, -0.2) is 24.0 Å². The molecule has 14 nitrogen and oxygen atoms in total. The fourth-order valence-corrected chi connectivity index (χ4v) is 2.68. The number of carbonyl (C=O) groups is 6. The van der Waals surface area contributed by atoms with Gasteiger partial charge in [0.2, 0.25) is 5.91 Å². The van der Waals surface area contributed by atoms with Crippen molar-refractivity contribution in [2.24, 2.45) is 0 Å². The lowest BCUT2D eigenvalue weighted by Crippen LogP contribution is -2.19. The average Bonchev–Trinajstić information content (AvgIpc) is 2.95. The minimum atomic E-state index is -0.816. The van der Waals surface area contributed by atoms with E-state index in [0.717, 1.165) is 0 Å². The Morgan fingerprint density at radius 2 is 1.10 bits per heavy atom. The van der Waals surface area contributed by atoms with Crippen molar-refractivity contribution in [3.05, 3.63) is 59.7 Å². The van der Waals surface area contributed by atoms with E-state index in [2.05, 4.69) is 15.4 Å². The summed E-state index contributed by atoms with van der Waals surface area (Å²) in [5.41, 5.74) is 1.04. The van der Waals surface area contributed by atoms with Crippen LogP contribution < -0.4 is 10.6 Å². The molecule has 0 fully saturated rings. The first kappa shape index (κ1) is 30.2. The summed E-state index contributed by atoms with van der Waals surface area (Å²) in [6.07, 6.45) is -0.520. The van der Waals surface area contributed by atoms with Gasteiger partial charge in [0, 0.05) is 17.8 Å². The topological polar surface area (TPSA) is 193 Å². The van der Waals surface area contributed by atoms with Crippen LogP contribution in [0.2, 0.25) is 0 Å². The summed E-state index contributed by atoms with van der Waals surface area (Å²) in [5, 5.41) is 13.5. The third-order valence-electron chi connectivity index (χ3n) is 4.56. The van der Waals surface area contributed by atoms with Crippen LogP contribution in [0.4, 0.5) is 16.2 Å². The maximum atomic E-state index is 12.0. The van der Waals surface area contributed by atoms with Crippen LogP contribution in [0.25, 0.3) is 0 Å². The molecule has 2 aromatic carbocycles. The van der Waals surface area contributed by atoms with E-state index in [4.69, 9.17) is 24.1 Å². The minimum Gasteiger partial charge on any atom is -0.463 e. The van der Waals surface area contributed by atoms with E-state index >= 15 is 0 Å². The first-order valence-corrected chi connectivity index (χ1v) is 11.3. The molecule has 0 heterocycles. The Morgan fingerprint density at radius 1 is 0.667 bits per heavy atom. The number of benzene rings is 2. The molecule has 3 N–H and O–H groups in total. The number of aliphatic hydroxyl groups excluding tert-OH is 1. The largest absolute Gasteiger partial charge is 0.463 e. The molecule has 0 aromatic heterocycles. The van der Waals surface area contributed by atoms with Crippen LogP contribution >= 0.6 is 0 Å². The van der Waals surface area contributed by atoms with Gasteiger partial charge in [0.15, 0.2) is 13.2 Å². The monoisotopic (exact) mass is 546 g/mol. The van der Waals surface area contributed by atoms with Gasteiger partial charge in [-0.15, -0.1) is 0 Å². The van der Waals surface area contributed by atoms with Crippen molar-refractivity contribution >= 4 is 47.3 Å². The number of methoxy groups -OCH3 is 1. The third kappa shape index (κ3) is 11.3. The molecule has 0 aliphatic heterocycles. The van der Waals surface area contributed by atoms with Gasteiger partial charge in [-0.2, -0.15) is 0 Å². The maximum absolute atomic E-state index is 12.0. The van der Waals surface area contributed by atoms with Crippen molar-refractivity contribution < 1.29 is 57.6 Å². The Bertz CT molecular complexity index is 1070. The van der Waals surface area contributed by atoms with Crippen molar-refractivity contribution in [3.8, 4) is 0 Å². The number of anilines is 2. The molecule has 0 saturated carbocycles. The Kier molecular flexibility index (Phi) is 12.4. The van der Waals surface area contributed by atoms with E-state index in [-0.39, 0.29) is 30.8 Å². The second-order valence-corrected chi connectivity index (χ2v) is 7.42. The summed E-state index contributed by atoms with van der Waals surface area (Å²) in [4.78, 5) is 69.7. The maximum Gasteiger partial charge on any atom is 0.411 e. The molecule has 2 aromatic rings. The molecule has 2 rings (SSSR count). The lowest BCUT2D eigenvalue weighted by atomic mass is 10.2. The summed E-state index contributed by atoms with van der Waals surface area (Å²) in [5.74, 6) is -3.80. The van der Waals surface area contributed by atoms with Crippen LogP contribution in [-0.2, 0) is 38.1 Å². The van der Waals surface area contributed by atoms with Crippen molar-refractivity contribution in [1.82, 2.24) is 0 Å². The predicted octanol–water partition coefficient (Wildman–Crippen LogP) is 1.29. The minimum absolute atomic E-state index is 0.115. The van der Waals surface area contributed by atoms with Crippen LogP contribution in [0, 0.1) is 0 Å². The highest BCUT2D eigenvalue weighted by molar-refractivity contribution is 5.94. The summed E-state index contributed by atoms with van der Waals surface area (Å²) >= 11 is 0. The quantitative estimate of drug-likeness (QED) is 0.185. The molecule has 208 valence electrons. The van der Waals surface area contributed by atoms with E-state index < -0.39 is 55.7 Å². The van der Waals surface area contributed by atoms with E-state index in [1.807, 2.05) is 0 Å². The van der Waals surface area contributed by atoms with Gasteiger partial charge in [-0.1, -0.05) is 0 Å². The number of amides is 2. The van der Waals surface area contributed by atoms with Gasteiger partial charge in [-0.3, -0.25) is 10.1 Å². The molecule has 0 bridgehead atoms. The van der Waals surface area contributed by atoms with Crippen molar-refractivity contribution in [3.63, 3.8) is 0 Å². The summed E-state index contributed by atoms with van der Waals surface area (Å²) in [6.45, 7) is -2.19. The average molecular weight is 546 g/mol. The van der Waals surface area contributed by atoms with E-state index in [0.29, 0.717) is 11.4 Å². The molecular formula is C25H26N2O12. The van der Waals surface area contributed by atoms with Gasteiger partial charge in [0.25, 0.3) is 0 Å². The molecule has 0 aliphatic rings. The second-order valence-electron chi connectivity index (χ2n) is 7.42. The van der Waals surface area contributed by atoms with Crippen LogP contribution in [0.15, 0.2) is 48.5 Å². The summed E-state index contributed by atoms with van der Waals surface area (Å²) < 4.78 is 23.9. The number of aliphatic hydroxyl groups is 1. The first-order chi connectivity index (χ1) is 18.7. The lowest BCUT2D eigenvalue weighted by Gasteiger charge is -2.08. The molecule has 39 heavy (non-hydrogen) atoms. The van der Waals surface area contributed by atoms with Crippen LogP contribution in [0.1, 0.15) is 27.1 Å². The molecule has 0 spiro atoms. The third-order valence-corrected chi connectivity index (χ3v) is 4.56. The highest BCUT2D eigenvalue weighted by atomic mass is 16.6. The standard InChI is InChI=1S/C25H26N2O12/c1-35-25(34)27-19-9-5-17(6-10-19)24(33)39-15-22(31)37-12-2-11-36-21(30)14-38-23(32)16-3-7-18(8-4-16)26-20(29)13-28/h3-10,28H,2,11-15H2,1H3,(H,26,29)(H,27,34). The van der Waals surface area contributed by atoms with Crippen molar-refractivity contribution in [2.45, 2.75) is 6.42 Å². The predicted molar refractivity (Wildman–Crippen MR) is 132 cm³/mol.